The summed E-state index contributed by atoms with van der Waals surface area (Å²) in [6.07, 6.45) is 0. The molecule has 0 unspecified atom stereocenters. The summed E-state index contributed by atoms with van der Waals surface area (Å²) in [5.41, 5.74) is 3.31. The molecule has 3 nitrogen and oxygen atoms in total. The van der Waals surface area contributed by atoms with Crippen LogP contribution in [0.25, 0.3) is 22.1 Å². The van der Waals surface area contributed by atoms with Gasteiger partial charge in [0, 0.05) is 16.0 Å². The summed E-state index contributed by atoms with van der Waals surface area (Å²) in [4.78, 5) is 12.0. The highest BCUT2D eigenvalue weighted by molar-refractivity contribution is 6.31. The van der Waals surface area contributed by atoms with Crippen molar-refractivity contribution >= 4 is 28.5 Å². The van der Waals surface area contributed by atoms with Gasteiger partial charge in [0.05, 0.1) is 7.11 Å². The van der Waals surface area contributed by atoms with Gasteiger partial charge in [-0.05, 0) is 36.2 Å². The van der Waals surface area contributed by atoms with E-state index in [1.54, 1.807) is 18.2 Å². The first kappa shape index (κ1) is 13.7. The normalized spacial score (nSPS) is 10.8. The number of benzene rings is 2. The quantitative estimate of drug-likeness (QED) is 0.635. The van der Waals surface area contributed by atoms with Gasteiger partial charge < -0.3 is 9.15 Å². The molecule has 3 aromatic rings. The summed E-state index contributed by atoms with van der Waals surface area (Å²) in [5.74, 6) is -0.301. The average Bonchev–Trinajstić information content (AvgIpc) is 2.85. The molecule has 0 atom stereocenters. The smallest absolute Gasteiger partial charge is 0.374 e. The molecule has 3 rings (SSSR count). The molecular weight excluding hydrogens is 288 g/mol. The maximum atomic E-state index is 12.0. The topological polar surface area (TPSA) is 39.4 Å². The zero-order valence-corrected chi connectivity index (χ0v) is 12.4. The Balaban J connectivity index is 2.40. The Morgan fingerprint density at radius 2 is 1.95 bits per heavy atom. The summed E-state index contributed by atoms with van der Waals surface area (Å²) in [6.45, 7) is 1.99. The van der Waals surface area contributed by atoms with Crippen molar-refractivity contribution in [2.75, 3.05) is 7.11 Å². The highest BCUT2D eigenvalue weighted by Crippen LogP contribution is 2.37. The number of ether oxygens (including phenoxy) is 1. The number of aryl methyl sites for hydroxylation is 1. The van der Waals surface area contributed by atoms with Crippen LogP contribution in [0.3, 0.4) is 0 Å². The number of hydrogen-bond donors (Lipinski definition) is 0. The number of fused-ring (bicyclic) bond motifs is 1. The standard InChI is InChI=1S/C17H13ClO3/c1-10-5-3-4-6-12(10)15-13-9-11(18)7-8-14(13)21-16(15)17(19)20-2/h3-9H,1-2H3. The molecule has 106 valence electrons. The third kappa shape index (κ3) is 2.30. The van der Waals surface area contributed by atoms with Crippen LogP contribution in [-0.2, 0) is 4.74 Å². The lowest BCUT2D eigenvalue weighted by Gasteiger charge is -2.06. The van der Waals surface area contributed by atoms with Gasteiger partial charge >= 0.3 is 5.97 Å². The molecular formula is C17H13ClO3. The Hall–Kier alpha value is -2.26. The van der Waals surface area contributed by atoms with E-state index in [1.807, 2.05) is 31.2 Å². The number of hydrogen-bond acceptors (Lipinski definition) is 3. The molecule has 0 saturated carbocycles. The molecule has 1 aromatic heterocycles. The highest BCUT2D eigenvalue weighted by Gasteiger charge is 2.23. The van der Waals surface area contributed by atoms with Crippen LogP contribution in [0.2, 0.25) is 5.02 Å². The van der Waals surface area contributed by atoms with Gasteiger partial charge in [0.1, 0.15) is 5.58 Å². The van der Waals surface area contributed by atoms with Gasteiger partial charge in [-0.1, -0.05) is 35.9 Å². The lowest BCUT2D eigenvalue weighted by molar-refractivity contribution is 0.0569. The highest BCUT2D eigenvalue weighted by atomic mass is 35.5. The lowest BCUT2D eigenvalue weighted by atomic mass is 9.97. The van der Waals surface area contributed by atoms with Gasteiger partial charge in [-0.3, -0.25) is 0 Å². The lowest BCUT2D eigenvalue weighted by Crippen LogP contribution is -2.01. The summed E-state index contributed by atoms with van der Waals surface area (Å²) in [6, 6.07) is 13.1. The minimum atomic E-state index is -0.499. The first-order valence-corrected chi connectivity index (χ1v) is 6.86. The van der Waals surface area contributed by atoms with Crippen LogP contribution in [0.4, 0.5) is 0 Å². The second-order valence-electron chi connectivity index (χ2n) is 4.75. The van der Waals surface area contributed by atoms with E-state index in [0.29, 0.717) is 10.6 Å². The minimum Gasteiger partial charge on any atom is -0.463 e. The number of esters is 1. The van der Waals surface area contributed by atoms with Crippen LogP contribution in [0.15, 0.2) is 46.9 Å². The van der Waals surface area contributed by atoms with Crippen LogP contribution in [0.1, 0.15) is 16.1 Å². The summed E-state index contributed by atoms with van der Waals surface area (Å²) in [7, 11) is 1.34. The molecule has 4 heteroatoms. The van der Waals surface area contributed by atoms with Crippen molar-refractivity contribution in [3.8, 4) is 11.1 Å². The fraction of sp³-hybridized carbons (Fsp3) is 0.118. The molecule has 1 heterocycles. The van der Waals surface area contributed by atoms with Crippen molar-refractivity contribution in [3.63, 3.8) is 0 Å². The average molecular weight is 301 g/mol. The first-order chi connectivity index (χ1) is 10.1. The predicted octanol–water partition coefficient (Wildman–Crippen LogP) is 4.85. The van der Waals surface area contributed by atoms with Gasteiger partial charge in [-0.25, -0.2) is 4.79 Å². The molecule has 0 N–H and O–H groups in total. The molecule has 0 bridgehead atoms. The third-order valence-corrected chi connectivity index (χ3v) is 3.67. The Labute approximate surface area is 127 Å². The molecule has 0 amide bonds. The number of carbonyl (C=O) groups excluding carboxylic acids is 1. The van der Waals surface area contributed by atoms with Gasteiger partial charge in [-0.15, -0.1) is 0 Å². The van der Waals surface area contributed by atoms with E-state index in [9.17, 15) is 4.79 Å². The summed E-state index contributed by atoms with van der Waals surface area (Å²) >= 11 is 6.08. The molecule has 0 saturated heterocycles. The molecule has 21 heavy (non-hydrogen) atoms. The van der Waals surface area contributed by atoms with Crippen LogP contribution in [0.5, 0.6) is 0 Å². The Morgan fingerprint density at radius 1 is 1.19 bits per heavy atom. The fourth-order valence-corrected chi connectivity index (χ4v) is 2.60. The molecule has 2 aromatic carbocycles. The van der Waals surface area contributed by atoms with Crippen molar-refractivity contribution in [1.29, 1.82) is 0 Å². The number of furan rings is 1. The Morgan fingerprint density at radius 3 is 2.67 bits per heavy atom. The third-order valence-electron chi connectivity index (χ3n) is 3.44. The fourth-order valence-electron chi connectivity index (χ4n) is 2.43. The van der Waals surface area contributed by atoms with Crippen molar-refractivity contribution in [1.82, 2.24) is 0 Å². The van der Waals surface area contributed by atoms with Gasteiger partial charge in [0.25, 0.3) is 0 Å². The first-order valence-electron chi connectivity index (χ1n) is 6.48. The summed E-state index contributed by atoms with van der Waals surface area (Å²) < 4.78 is 10.5. The minimum absolute atomic E-state index is 0.198. The maximum Gasteiger partial charge on any atom is 0.374 e. The molecule has 0 aliphatic rings. The zero-order valence-electron chi connectivity index (χ0n) is 11.6. The SMILES string of the molecule is COC(=O)c1oc2ccc(Cl)cc2c1-c1ccccc1C. The second-order valence-corrected chi connectivity index (χ2v) is 5.19. The molecule has 0 aliphatic heterocycles. The van der Waals surface area contributed by atoms with Crippen LogP contribution in [0, 0.1) is 6.92 Å². The van der Waals surface area contributed by atoms with E-state index >= 15 is 0 Å². The van der Waals surface area contributed by atoms with E-state index in [4.69, 9.17) is 20.8 Å². The zero-order chi connectivity index (χ0) is 15.0. The van der Waals surface area contributed by atoms with E-state index in [-0.39, 0.29) is 5.76 Å². The Bertz CT molecular complexity index is 833. The van der Waals surface area contributed by atoms with Crippen molar-refractivity contribution < 1.29 is 13.9 Å². The largest absolute Gasteiger partial charge is 0.463 e. The van der Waals surface area contributed by atoms with E-state index in [2.05, 4.69) is 0 Å². The summed E-state index contributed by atoms with van der Waals surface area (Å²) in [5, 5.41) is 1.40. The monoisotopic (exact) mass is 300 g/mol. The van der Waals surface area contributed by atoms with Crippen molar-refractivity contribution in [2.45, 2.75) is 6.92 Å². The van der Waals surface area contributed by atoms with Crippen molar-refractivity contribution in [3.05, 3.63) is 58.8 Å². The van der Waals surface area contributed by atoms with E-state index < -0.39 is 5.97 Å². The molecule has 0 radical (unpaired) electrons. The molecule has 0 fully saturated rings. The van der Waals surface area contributed by atoms with Gasteiger partial charge in [0.2, 0.25) is 5.76 Å². The van der Waals surface area contributed by atoms with E-state index in [1.165, 1.54) is 7.11 Å². The Kier molecular flexibility index (Phi) is 3.43. The number of halogens is 1. The van der Waals surface area contributed by atoms with Crippen LogP contribution in [-0.4, -0.2) is 13.1 Å². The molecule has 0 aliphatic carbocycles. The van der Waals surface area contributed by atoms with Crippen LogP contribution >= 0.6 is 11.6 Å². The number of methoxy groups -OCH3 is 1. The van der Waals surface area contributed by atoms with Gasteiger partial charge in [-0.2, -0.15) is 0 Å². The molecule has 0 spiro atoms. The maximum absolute atomic E-state index is 12.0. The second kappa shape index (κ2) is 5.26. The van der Waals surface area contributed by atoms with Gasteiger partial charge in [0.15, 0.2) is 0 Å². The van der Waals surface area contributed by atoms with Crippen LogP contribution < -0.4 is 0 Å². The predicted molar refractivity (Wildman–Crippen MR) is 82.7 cm³/mol. The van der Waals surface area contributed by atoms with E-state index in [0.717, 1.165) is 22.1 Å². The van der Waals surface area contributed by atoms with Crippen molar-refractivity contribution in [2.24, 2.45) is 0 Å². The number of carbonyl (C=O) groups is 1. The number of rotatable bonds is 2.